The van der Waals surface area contributed by atoms with E-state index in [1.165, 1.54) is 11.1 Å². The molecule has 0 atom stereocenters. The Morgan fingerprint density at radius 2 is 1.81 bits per heavy atom. The summed E-state index contributed by atoms with van der Waals surface area (Å²) in [5, 5.41) is 12.5. The van der Waals surface area contributed by atoms with Crippen LogP contribution >= 0.6 is 11.3 Å². The van der Waals surface area contributed by atoms with Crippen molar-refractivity contribution in [2.24, 2.45) is 0 Å². The van der Waals surface area contributed by atoms with Gasteiger partial charge in [-0.25, -0.2) is 17.9 Å². The lowest BCUT2D eigenvalue weighted by Gasteiger charge is -2.24. The van der Waals surface area contributed by atoms with Crippen molar-refractivity contribution in [2.45, 2.75) is 62.6 Å². The van der Waals surface area contributed by atoms with Gasteiger partial charge in [0.1, 0.15) is 6.07 Å². The Kier molecular flexibility index (Phi) is 5.48. The average Bonchev–Trinajstić information content (AvgIpc) is 3.50. The Balaban J connectivity index is 1.42. The van der Waals surface area contributed by atoms with Gasteiger partial charge < -0.3 is 5.32 Å². The third-order valence-electron chi connectivity index (χ3n) is 6.85. The van der Waals surface area contributed by atoms with Crippen LogP contribution in [0.5, 0.6) is 0 Å². The van der Waals surface area contributed by atoms with Crippen molar-refractivity contribution in [3.8, 4) is 6.07 Å². The molecule has 1 aromatic carbocycles. The smallest absolute Gasteiger partial charge is 0.307 e. The molecule has 1 aromatic heterocycles. The number of rotatable bonds is 4. The lowest BCUT2D eigenvalue weighted by molar-refractivity contribution is 0.256. The summed E-state index contributed by atoms with van der Waals surface area (Å²) in [6.07, 6.45) is 6.54. The van der Waals surface area contributed by atoms with Crippen molar-refractivity contribution >= 4 is 33.1 Å². The molecule has 2 aromatic rings. The van der Waals surface area contributed by atoms with Gasteiger partial charge in [0.2, 0.25) is 0 Å². The lowest BCUT2D eigenvalue weighted by Crippen LogP contribution is -2.35. The number of urea groups is 1. The average molecular weight is 471 g/mol. The molecule has 0 spiro atoms. The maximum absolute atomic E-state index is 13.1. The molecule has 5 rings (SSSR count). The fourth-order valence-electron chi connectivity index (χ4n) is 5.28. The second-order valence-corrected chi connectivity index (χ2v) is 11.7. The van der Waals surface area contributed by atoms with Crippen molar-refractivity contribution in [3.05, 3.63) is 44.3 Å². The third-order valence-corrected chi connectivity index (χ3v) is 9.91. The molecule has 2 N–H and O–H groups in total. The maximum atomic E-state index is 13.1. The van der Waals surface area contributed by atoms with Crippen molar-refractivity contribution in [3.63, 3.8) is 0 Å². The van der Waals surface area contributed by atoms with Crippen LogP contribution in [-0.4, -0.2) is 32.4 Å². The number of amides is 2. The van der Waals surface area contributed by atoms with Gasteiger partial charge in [-0.05, 0) is 79.3 Å². The van der Waals surface area contributed by atoms with Crippen LogP contribution in [0.3, 0.4) is 0 Å². The molecule has 2 aliphatic carbocycles. The van der Waals surface area contributed by atoms with Crippen LogP contribution in [0.2, 0.25) is 0 Å². The topological polar surface area (TPSA) is 102 Å². The number of hydrogen-bond donors (Lipinski definition) is 2. The fourth-order valence-corrected chi connectivity index (χ4v) is 8.04. The normalized spacial score (nSPS) is 17.4. The zero-order valence-electron chi connectivity index (χ0n) is 18.1. The molecule has 3 aliphatic rings. The van der Waals surface area contributed by atoms with E-state index in [2.05, 4.69) is 34.0 Å². The number of carbonyl (C=O) groups is 1. The summed E-state index contributed by atoms with van der Waals surface area (Å²) in [5.41, 5.74) is 6.60. The number of benzene rings is 1. The molecule has 0 fully saturated rings. The molecule has 168 valence electrons. The number of thiophene rings is 1. The Morgan fingerprint density at radius 1 is 1.12 bits per heavy atom. The van der Waals surface area contributed by atoms with Crippen LogP contribution in [-0.2, 0) is 48.7 Å². The van der Waals surface area contributed by atoms with Gasteiger partial charge in [-0.3, -0.25) is 4.90 Å². The van der Waals surface area contributed by atoms with E-state index in [1.54, 1.807) is 0 Å². The number of hydrogen-bond acceptors (Lipinski definition) is 6. The molecule has 0 bridgehead atoms. The van der Waals surface area contributed by atoms with Crippen LogP contribution in [0, 0.1) is 11.3 Å². The van der Waals surface area contributed by atoms with E-state index in [4.69, 9.17) is 0 Å². The molecular weight excluding hydrogens is 444 g/mol. The number of aryl methyl sites for hydroxylation is 2. The maximum Gasteiger partial charge on any atom is 0.333 e. The summed E-state index contributed by atoms with van der Waals surface area (Å²) in [4.78, 5) is 16.0. The largest absolute Gasteiger partial charge is 0.333 e. The Morgan fingerprint density at radius 3 is 2.44 bits per heavy atom. The van der Waals surface area contributed by atoms with Crippen molar-refractivity contribution in [2.75, 3.05) is 18.4 Å². The number of nitriles is 1. The van der Waals surface area contributed by atoms with Gasteiger partial charge in [0.05, 0.1) is 5.56 Å². The minimum absolute atomic E-state index is 0.0541. The van der Waals surface area contributed by atoms with Gasteiger partial charge in [0.15, 0.2) is 4.21 Å². The first-order valence-electron chi connectivity index (χ1n) is 11.2. The molecule has 32 heavy (non-hydrogen) atoms. The van der Waals surface area contributed by atoms with Gasteiger partial charge in [0, 0.05) is 23.7 Å². The van der Waals surface area contributed by atoms with Crippen LogP contribution in [0.25, 0.3) is 0 Å². The Labute approximate surface area is 192 Å². The van der Waals surface area contributed by atoms with Gasteiger partial charge in [-0.2, -0.15) is 5.26 Å². The fraction of sp³-hybridized carbons (Fsp3) is 0.478. The molecule has 0 saturated carbocycles. The number of nitrogens with zero attached hydrogens (tertiary/aromatic N) is 2. The van der Waals surface area contributed by atoms with E-state index < -0.39 is 16.1 Å². The number of nitrogens with one attached hydrogen (secondary N) is 2. The number of fused-ring (bicyclic) bond motifs is 3. The van der Waals surface area contributed by atoms with E-state index in [1.807, 2.05) is 0 Å². The van der Waals surface area contributed by atoms with E-state index in [-0.39, 0.29) is 9.77 Å². The first-order chi connectivity index (χ1) is 15.4. The molecule has 7 nitrogen and oxygen atoms in total. The quantitative estimate of drug-likeness (QED) is 0.712. The SMILES string of the molecule is CCN1CCc2c(sc(S(=O)(=O)NC(=O)Nc3c4c(cc5c3CCC5)CCC4)c2C#N)C1. The Bertz CT molecular complexity index is 1220. The number of anilines is 1. The predicted octanol–water partition coefficient (Wildman–Crippen LogP) is 3.49. The standard InChI is InChI=1S/C23H26N4O3S2/c1-2-27-10-9-18-19(12-24)22(31-20(18)13-27)32(29,30)26-23(28)25-21-16-7-3-5-14(16)11-15-6-4-8-17(15)21/h11H,2-10,13H2,1H3,(H2,25,26,28). The minimum Gasteiger partial charge on any atom is -0.307 e. The van der Waals surface area contributed by atoms with Gasteiger partial charge in [0.25, 0.3) is 10.0 Å². The van der Waals surface area contributed by atoms with E-state index in [0.717, 1.165) is 90.2 Å². The van der Waals surface area contributed by atoms with Crippen molar-refractivity contribution < 1.29 is 13.2 Å². The van der Waals surface area contributed by atoms with Crippen molar-refractivity contribution in [1.29, 1.82) is 5.26 Å². The summed E-state index contributed by atoms with van der Waals surface area (Å²) in [6, 6.07) is 3.58. The monoisotopic (exact) mass is 470 g/mol. The summed E-state index contributed by atoms with van der Waals surface area (Å²) in [7, 11) is -4.15. The van der Waals surface area contributed by atoms with Crippen LogP contribution in [0.15, 0.2) is 10.3 Å². The molecule has 9 heteroatoms. The van der Waals surface area contributed by atoms with Crippen LogP contribution < -0.4 is 10.0 Å². The molecule has 2 amide bonds. The lowest BCUT2D eigenvalue weighted by atomic mass is 9.99. The zero-order chi connectivity index (χ0) is 22.5. The third kappa shape index (κ3) is 3.60. The van der Waals surface area contributed by atoms with E-state index >= 15 is 0 Å². The van der Waals surface area contributed by atoms with Gasteiger partial charge in [-0.15, -0.1) is 11.3 Å². The summed E-state index contributed by atoms with van der Waals surface area (Å²) < 4.78 is 28.4. The molecule has 0 unspecified atom stereocenters. The van der Waals surface area contributed by atoms with Gasteiger partial charge >= 0.3 is 6.03 Å². The highest BCUT2D eigenvalue weighted by Gasteiger charge is 2.32. The molecular formula is C23H26N4O3S2. The Hall–Kier alpha value is -2.41. The second-order valence-electron chi connectivity index (χ2n) is 8.69. The zero-order valence-corrected chi connectivity index (χ0v) is 19.7. The number of likely N-dealkylation sites (N-methyl/N-ethyl adjacent to an activating group) is 1. The highest BCUT2D eigenvalue weighted by Crippen LogP contribution is 2.39. The number of sulfonamides is 1. The first-order valence-corrected chi connectivity index (χ1v) is 13.5. The predicted molar refractivity (Wildman–Crippen MR) is 124 cm³/mol. The highest BCUT2D eigenvalue weighted by molar-refractivity contribution is 7.92. The molecule has 0 radical (unpaired) electrons. The summed E-state index contributed by atoms with van der Waals surface area (Å²) >= 11 is 1.11. The van der Waals surface area contributed by atoms with E-state index in [9.17, 15) is 18.5 Å². The highest BCUT2D eigenvalue weighted by atomic mass is 32.2. The summed E-state index contributed by atoms with van der Waals surface area (Å²) in [6.45, 7) is 4.36. The van der Waals surface area contributed by atoms with Crippen LogP contribution in [0.1, 0.15) is 58.0 Å². The first kappa shape index (κ1) is 21.4. The summed E-state index contributed by atoms with van der Waals surface area (Å²) in [5.74, 6) is 0. The second kappa shape index (κ2) is 8.18. The molecule has 0 saturated heterocycles. The van der Waals surface area contributed by atoms with Crippen molar-refractivity contribution in [1.82, 2.24) is 9.62 Å². The minimum atomic E-state index is -4.15. The van der Waals surface area contributed by atoms with Gasteiger partial charge in [-0.1, -0.05) is 13.0 Å². The molecule has 2 heterocycles. The molecule has 1 aliphatic heterocycles. The van der Waals surface area contributed by atoms with E-state index in [0.29, 0.717) is 13.0 Å². The number of carbonyl (C=O) groups excluding carboxylic acids is 1. The van der Waals surface area contributed by atoms with Crippen LogP contribution in [0.4, 0.5) is 10.5 Å².